The first kappa shape index (κ1) is 40.9. The van der Waals surface area contributed by atoms with Crippen molar-refractivity contribution in [3.05, 3.63) is 48.0 Å². The van der Waals surface area contributed by atoms with Gasteiger partial charge in [-0.05, 0) is 42.0 Å². The second-order valence-electron chi connectivity index (χ2n) is 12.2. The number of aliphatic hydroxyl groups is 7. The molecule has 0 radical (unpaired) electrons. The van der Waals surface area contributed by atoms with E-state index in [2.05, 4.69) is 10.6 Å². The Morgan fingerprint density at radius 2 is 1.52 bits per heavy atom. The van der Waals surface area contributed by atoms with Crippen molar-refractivity contribution in [2.45, 2.75) is 79.9 Å². The van der Waals surface area contributed by atoms with Crippen LogP contribution in [-0.4, -0.2) is 161 Å². The van der Waals surface area contributed by atoms with Gasteiger partial charge in [0.15, 0.2) is 0 Å². The lowest BCUT2D eigenvalue weighted by Gasteiger charge is -2.47. The molecule has 0 bridgehead atoms. The van der Waals surface area contributed by atoms with Crippen LogP contribution in [0.15, 0.2) is 42.5 Å². The Morgan fingerprint density at radius 1 is 0.904 bits per heavy atom. The smallest absolute Gasteiger partial charge is 0.364 e. The summed E-state index contributed by atoms with van der Waals surface area (Å²) in [4.78, 5) is 24.9. The van der Waals surface area contributed by atoms with E-state index < -0.39 is 98.5 Å². The van der Waals surface area contributed by atoms with Crippen molar-refractivity contribution >= 4 is 11.9 Å². The van der Waals surface area contributed by atoms with Crippen molar-refractivity contribution in [2.75, 3.05) is 41.1 Å². The molecule has 1 amide bonds. The van der Waals surface area contributed by atoms with E-state index in [1.54, 1.807) is 30.3 Å². The summed E-state index contributed by atoms with van der Waals surface area (Å²) >= 11 is 0. The second kappa shape index (κ2) is 18.3. The molecule has 10 N–H and O–H groups in total. The molecule has 52 heavy (non-hydrogen) atoms. The van der Waals surface area contributed by atoms with Gasteiger partial charge in [0.2, 0.25) is 12.2 Å². The highest BCUT2D eigenvalue weighted by Gasteiger charge is 2.57. The summed E-state index contributed by atoms with van der Waals surface area (Å²) in [7, 11) is 4.41. The van der Waals surface area contributed by atoms with Gasteiger partial charge in [-0.1, -0.05) is 0 Å². The lowest BCUT2D eigenvalue weighted by atomic mass is 9.88. The van der Waals surface area contributed by atoms with E-state index in [0.717, 1.165) is 0 Å². The number of ether oxygens (including phenoxy) is 7. The zero-order valence-corrected chi connectivity index (χ0v) is 28.6. The average molecular weight is 743 g/mol. The van der Waals surface area contributed by atoms with E-state index in [1.807, 2.05) is 0 Å². The monoisotopic (exact) mass is 742 g/mol. The molecule has 290 valence electrons. The Hall–Kier alpha value is -3.86. The van der Waals surface area contributed by atoms with Crippen LogP contribution >= 0.6 is 0 Å². The summed E-state index contributed by atoms with van der Waals surface area (Å²) in [6.07, 6.45) is -16.6. The third-order valence-electron chi connectivity index (χ3n) is 8.66. The van der Waals surface area contributed by atoms with E-state index in [1.165, 1.54) is 33.5 Å². The fraction of sp³-hybridized carbons (Fsp3) is 0.576. The third kappa shape index (κ3) is 9.76. The number of rotatable bonds is 17. The minimum absolute atomic E-state index is 0.159. The predicted octanol–water partition coefficient (Wildman–Crippen LogP) is -3.17. The molecule has 0 saturated carbocycles. The van der Waals surface area contributed by atoms with Crippen LogP contribution in [0.4, 0.5) is 0 Å². The van der Waals surface area contributed by atoms with Crippen LogP contribution in [0, 0.1) is 0 Å². The first-order chi connectivity index (χ1) is 24.7. The van der Waals surface area contributed by atoms with Gasteiger partial charge in [-0.25, -0.2) is 4.79 Å². The molecule has 19 nitrogen and oxygen atoms in total. The Morgan fingerprint density at radius 3 is 2.10 bits per heavy atom. The SMILES string of the molecule is COc1ccc(O[C@@H]2O[C@H](CO[C@]3(C(=O)O)C[C@H](O)[C@@H](NC(=O)CO)[C@H]([C@H](O)[C@H](O)CNCc4cc(OC)cc(OC)c4)O3)[C@H](O)[C@H](O)[C@H]2O)cc1. The standard InChI is InChI=1S/C33H46N2O17/c1-46-17-4-6-18(7-5-17)50-31-29(43)28(42)27(41)23(51-31)15-49-33(32(44)45)11-21(37)25(35-24(39)14-36)30(52-33)26(40)22(38)13-34-12-16-8-19(47-2)10-20(9-16)48-3/h4-10,21-23,25-31,34,36-38,40-43H,11-15H2,1-3H3,(H,35,39)(H,44,45)/t21-,22+,23+,25+,26+,27-,28-,29+,30+,31+,33+/m0/s1. The number of amides is 1. The van der Waals surface area contributed by atoms with Crippen molar-refractivity contribution < 1.29 is 83.6 Å². The van der Waals surface area contributed by atoms with Crippen molar-refractivity contribution in [1.29, 1.82) is 0 Å². The lowest BCUT2D eigenvalue weighted by Crippen LogP contribution is -2.69. The van der Waals surface area contributed by atoms with Crippen molar-refractivity contribution in [1.82, 2.24) is 10.6 Å². The van der Waals surface area contributed by atoms with Gasteiger partial charge in [0, 0.05) is 25.6 Å². The van der Waals surface area contributed by atoms with Crippen LogP contribution < -0.4 is 29.6 Å². The molecule has 4 rings (SSSR count). The van der Waals surface area contributed by atoms with E-state index in [4.69, 9.17) is 33.2 Å². The van der Waals surface area contributed by atoms with Crippen LogP contribution in [0.5, 0.6) is 23.0 Å². The highest BCUT2D eigenvalue weighted by atomic mass is 16.7. The van der Waals surface area contributed by atoms with E-state index in [9.17, 15) is 50.4 Å². The number of carboxylic acid groups (broad SMARTS) is 1. The number of carbonyl (C=O) groups excluding carboxylic acids is 1. The molecule has 0 unspecified atom stereocenters. The Bertz CT molecular complexity index is 1440. The molecule has 2 aliphatic rings. The summed E-state index contributed by atoms with van der Waals surface area (Å²) in [5, 5.41) is 89.9. The number of hydrogen-bond acceptors (Lipinski definition) is 17. The van der Waals surface area contributed by atoms with E-state index >= 15 is 0 Å². The highest BCUT2D eigenvalue weighted by molar-refractivity contribution is 5.78. The summed E-state index contributed by atoms with van der Waals surface area (Å²) in [6.45, 7) is -1.98. The average Bonchev–Trinajstić information content (AvgIpc) is 3.14. The highest BCUT2D eigenvalue weighted by Crippen LogP contribution is 2.35. The zero-order valence-electron chi connectivity index (χ0n) is 28.6. The lowest BCUT2D eigenvalue weighted by molar-refractivity contribution is -0.331. The van der Waals surface area contributed by atoms with Crippen LogP contribution in [0.2, 0.25) is 0 Å². The van der Waals surface area contributed by atoms with Gasteiger partial charge in [-0.2, -0.15) is 0 Å². The number of aliphatic carboxylic acids is 1. The van der Waals surface area contributed by atoms with Gasteiger partial charge in [0.05, 0.1) is 46.2 Å². The molecule has 2 fully saturated rings. The van der Waals surface area contributed by atoms with Crippen LogP contribution in [-0.2, 0) is 30.3 Å². The summed E-state index contributed by atoms with van der Waals surface area (Å²) in [6, 6.07) is 9.63. The molecule has 2 aromatic rings. The Labute approximate surface area is 298 Å². The van der Waals surface area contributed by atoms with Crippen molar-refractivity contribution in [3.63, 3.8) is 0 Å². The van der Waals surface area contributed by atoms with Crippen LogP contribution in [0.25, 0.3) is 0 Å². The number of aliphatic hydroxyl groups excluding tert-OH is 7. The fourth-order valence-electron chi connectivity index (χ4n) is 5.78. The third-order valence-corrected chi connectivity index (χ3v) is 8.66. The van der Waals surface area contributed by atoms with Crippen molar-refractivity contribution in [3.8, 4) is 23.0 Å². The first-order valence-electron chi connectivity index (χ1n) is 16.2. The molecule has 19 heteroatoms. The van der Waals surface area contributed by atoms with Gasteiger partial charge in [-0.3, -0.25) is 4.79 Å². The molecule has 2 aromatic carbocycles. The number of methoxy groups -OCH3 is 3. The molecule has 11 atom stereocenters. The van der Waals surface area contributed by atoms with E-state index in [0.29, 0.717) is 22.8 Å². The zero-order chi connectivity index (χ0) is 38.2. The maximum atomic E-state index is 12.7. The van der Waals surface area contributed by atoms with E-state index in [-0.39, 0.29) is 18.8 Å². The maximum absolute atomic E-state index is 12.7. The van der Waals surface area contributed by atoms with Gasteiger partial charge < -0.3 is 84.6 Å². The second-order valence-corrected chi connectivity index (χ2v) is 12.2. The van der Waals surface area contributed by atoms with Crippen LogP contribution in [0.1, 0.15) is 12.0 Å². The summed E-state index contributed by atoms with van der Waals surface area (Å²) in [5.74, 6) is -3.86. The van der Waals surface area contributed by atoms with Gasteiger partial charge in [-0.15, -0.1) is 0 Å². The number of nitrogens with one attached hydrogen (secondary N) is 2. The largest absolute Gasteiger partial charge is 0.497 e. The number of hydrogen-bond donors (Lipinski definition) is 10. The van der Waals surface area contributed by atoms with Gasteiger partial charge >= 0.3 is 5.97 Å². The number of carbonyl (C=O) groups is 2. The van der Waals surface area contributed by atoms with Crippen molar-refractivity contribution in [2.24, 2.45) is 0 Å². The number of carboxylic acids is 1. The maximum Gasteiger partial charge on any atom is 0.364 e. The molecule has 2 saturated heterocycles. The summed E-state index contributed by atoms with van der Waals surface area (Å²) < 4.78 is 38.2. The number of benzene rings is 2. The quantitative estimate of drug-likeness (QED) is 0.0765. The Kier molecular flexibility index (Phi) is 14.4. The topological polar surface area (TPSA) is 285 Å². The van der Waals surface area contributed by atoms with Gasteiger partial charge in [0.25, 0.3) is 5.79 Å². The van der Waals surface area contributed by atoms with Gasteiger partial charge in [0.1, 0.15) is 66.2 Å². The molecule has 2 aliphatic heterocycles. The Balaban J connectivity index is 1.50. The molecule has 2 heterocycles. The molecule has 0 aromatic heterocycles. The minimum atomic E-state index is -2.77. The molecule has 0 aliphatic carbocycles. The molecular weight excluding hydrogens is 696 g/mol. The molecule has 0 spiro atoms. The molecular formula is C33H46N2O17. The minimum Gasteiger partial charge on any atom is -0.497 e. The van der Waals surface area contributed by atoms with Crippen LogP contribution in [0.3, 0.4) is 0 Å². The fourth-order valence-corrected chi connectivity index (χ4v) is 5.78. The first-order valence-corrected chi connectivity index (χ1v) is 16.2. The summed E-state index contributed by atoms with van der Waals surface area (Å²) in [5.41, 5.74) is 0.690. The normalized spacial score (nSPS) is 30.1. The predicted molar refractivity (Wildman–Crippen MR) is 174 cm³/mol.